The summed E-state index contributed by atoms with van der Waals surface area (Å²) in [5, 5.41) is 10.8. The third-order valence-corrected chi connectivity index (χ3v) is 4.61. The lowest BCUT2D eigenvalue weighted by atomic mass is 9.83. The molecule has 1 aromatic rings. The SMILES string of the molecule is CCNC(=NCc1c(C)noc1C)NCC1CCC(C)CC1.I. The van der Waals surface area contributed by atoms with Crippen molar-refractivity contribution in [3.05, 3.63) is 17.0 Å². The number of aromatic nitrogens is 1. The fraction of sp³-hybridized carbons (Fsp3) is 0.765. The van der Waals surface area contributed by atoms with E-state index < -0.39 is 0 Å². The minimum atomic E-state index is 0. The molecule has 132 valence electrons. The lowest BCUT2D eigenvalue weighted by Gasteiger charge is -2.26. The summed E-state index contributed by atoms with van der Waals surface area (Å²) in [7, 11) is 0. The van der Waals surface area contributed by atoms with Gasteiger partial charge in [0.25, 0.3) is 0 Å². The molecule has 1 saturated carbocycles. The van der Waals surface area contributed by atoms with Crippen molar-refractivity contribution in [3.8, 4) is 0 Å². The Balaban J connectivity index is 0.00000264. The van der Waals surface area contributed by atoms with Crippen LogP contribution >= 0.6 is 24.0 Å². The standard InChI is InChI=1S/C17H30N4O.HI/c1-5-18-17(19-10-15-8-6-12(2)7-9-15)20-11-16-13(3)21-22-14(16)4;/h12,15H,5-11H2,1-4H3,(H2,18,19,20);1H. The van der Waals surface area contributed by atoms with Crippen molar-refractivity contribution in [1.29, 1.82) is 0 Å². The van der Waals surface area contributed by atoms with Crippen molar-refractivity contribution in [3.63, 3.8) is 0 Å². The first kappa shape index (κ1) is 20.3. The Labute approximate surface area is 157 Å². The zero-order valence-electron chi connectivity index (χ0n) is 14.8. The van der Waals surface area contributed by atoms with E-state index in [1.54, 1.807) is 0 Å². The van der Waals surface area contributed by atoms with E-state index in [0.717, 1.165) is 47.9 Å². The van der Waals surface area contributed by atoms with Gasteiger partial charge in [-0.2, -0.15) is 0 Å². The zero-order chi connectivity index (χ0) is 15.9. The smallest absolute Gasteiger partial charge is 0.191 e. The molecule has 5 nitrogen and oxygen atoms in total. The zero-order valence-corrected chi connectivity index (χ0v) is 17.1. The Morgan fingerprint density at radius 1 is 1.22 bits per heavy atom. The van der Waals surface area contributed by atoms with Gasteiger partial charge in [-0.3, -0.25) is 0 Å². The molecule has 1 aliphatic rings. The maximum Gasteiger partial charge on any atom is 0.191 e. The van der Waals surface area contributed by atoms with Crippen molar-refractivity contribution < 1.29 is 4.52 Å². The second kappa shape index (κ2) is 10.2. The minimum absolute atomic E-state index is 0. The van der Waals surface area contributed by atoms with Crippen molar-refractivity contribution >= 4 is 29.9 Å². The highest BCUT2D eigenvalue weighted by Crippen LogP contribution is 2.27. The molecule has 0 atom stereocenters. The second-order valence-electron chi connectivity index (χ2n) is 6.50. The van der Waals surface area contributed by atoms with Gasteiger partial charge in [0.15, 0.2) is 5.96 Å². The molecule has 0 amide bonds. The summed E-state index contributed by atoms with van der Waals surface area (Å²) >= 11 is 0. The lowest BCUT2D eigenvalue weighted by molar-refractivity contribution is 0.289. The van der Waals surface area contributed by atoms with Crippen LogP contribution in [0.5, 0.6) is 0 Å². The van der Waals surface area contributed by atoms with Crippen molar-refractivity contribution in [2.45, 2.75) is 59.9 Å². The van der Waals surface area contributed by atoms with Crippen LogP contribution in [0.2, 0.25) is 0 Å². The summed E-state index contributed by atoms with van der Waals surface area (Å²) in [6, 6.07) is 0. The van der Waals surface area contributed by atoms with Crippen LogP contribution in [-0.4, -0.2) is 24.2 Å². The molecule has 0 unspecified atom stereocenters. The van der Waals surface area contributed by atoms with Crippen molar-refractivity contribution in [2.75, 3.05) is 13.1 Å². The summed E-state index contributed by atoms with van der Waals surface area (Å²) in [5.41, 5.74) is 2.02. The van der Waals surface area contributed by atoms with E-state index in [9.17, 15) is 0 Å². The van der Waals surface area contributed by atoms with Gasteiger partial charge >= 0.3 is 0 Å². The number of aliphatic imine (C=N–C) groups is 1. The molecule has 0 radical (unpaired) electrons. The molecule has 0 saturated heterocycles. The monoisotopic (exact) mass is 434 g/mol. The Morgan fingerprint density at radius 2 is 1.91 bits per heavy atom. The van der Waals surface area contributed by atoms with Gasteiger partial charge < -0.3 is 15.2 Å². The van der Waals surface area contributed by atoms with Gasteiger partial charge in [-0.1, -0.05) is 24.9 Å². The van der Waals surface area contributed by atoms with E-state index in [2.05, 4.69) is 34.6 Å². The molecule has 0 bridgehead atoms. The van der Waals surface area contributed by atoms with Crippen molar-refractivity contribution in [1.82, 2.24) is 15.8 Å². The third-order valence-electron chi connectivity index (χ3n) is 4.61. The van der Waals surface area contributed by atoms with E-state index in [-0.39, 0.29) is 24.0 Å². The molecule has 0 aliphatic heterocycles. The van der Waals surface area contributed by atoms with E-state index >= 15 is 0 Å². The summed E-state index contributed by atoms with van der Waals surface area (Å²) in [4.78, 5) is 4.67. The van der Waals surface area contributed by atoms with Crippen LogP contribution < -0.4 is 10.6 Å². The minimum Gasteiger partial charge on any atom is -0.361 e. The van der Waals surface area contributed by atoms with Crippen LogP contribution in [0.1, 0.15) is 56.5 Å². The summed E-state index contributed by atoms with van der Waals surface area (Å²) in [6.07, 6.45) is 5.38. The van der Waals surface area contributed by atoms with Gasteiger partial charge in [-0.15, -0.1) is 24.0 Å². The molecule has 0 aromatic carbocycles. The molecule has 0 spiro atoms. The molecule has 1 aromatic heterocycles. The first-order chi connectivity index (χ1) is 10.6. The molecule has 2 N–H and O–H groups in total. The molecule has 6 heteroatoms. The summed E-state index contributed by atoms with van der Waals surface area (Å²) in [6.45, 7) is 10.8. The number of aryl methyl sites for hydroxylation is 2. The fourth-order valence-corrected chi connectivity index (χ4v) is 3.00. The van der Waals surface area contributed by atoms with E-state index in [1.165, 1.54) is 25.7 Å². The number of hydrogen-bond donors (Lipinski definition) is 2. The van der Waals surface area contributed by atoms with Crippen LogP contribution in [-0.2, 0) is 6.54 Å². The van der Waals surface area contributed by atoms with Crippen molar-refractivity contribution in [2.24, 2.45) is 16.8 Å². The molecule has 1 heterocycles. The molecule has 1 aliphatic carbocycles. The fourth-order valence-electron chi connectivity index (χ4n) is 3.00. The Kier molecular flexibility index (Phi) is 8.94. The molecule has 1 fully saturated rings. The number of rotatable bonds is 5. The first-order valence-electron chi connectivity index (χ1n) is 8.54. The molecular weight excluding hydrogens is 403 g/mol. The van der Waals surface area contributed by atoms with Gasteiger partial charge in [0.05, 0.1) is 12.2 Å². The summed E-state index contributed by atoms with van der Waals surface area (Å²) < 4.78 is 5.19. The van der Waals surface area contributed by atoms with Gasteiger partial charge in [0, 0.05) is 18.7 Å². The van der Waals surface area contributed by atoms with E-state index in [0.29, 0.717) is 6.54 Å². The van der Waals surface area contributed by atoms with Gasteiger partial charge in [-0.05, 0) is 45.4 Å². The number of halogens is 1. The number of nitrogens with one attached hydrogen (secondary N) is 2. The molecule has 23 heavy (non-hydrogen) atoms. The summed E-state index contributed by atoms with van der Waals surface area (Å²) in [5.74, 6) is 3.43. The quantitative estimate of drug-likeness (QED) is 0.421. The number of nitrogens with zero attached hydrogens (tertiary/aromatic N) is 2. The van der Waals surface area contributed by atoms with Crippen LogP contribution in [0.4, 0.5) is 0 Å². The van der Waals surface area contributed by atoms with Crippen LogP contribution in [0.3, 0.4) is 0 Å². The number of hydrogen-bond acceptors (Lipinski definition) is 3. The van der Waals surface area contributed by atoms with E-state index in [1.807, 2.05) is 13.8 Å². The van der Waals surface area contributed by atoms with Gasteiger partial charge in [0.1, 0.15) is 5.76 Å². The second-order valence-corrected chi connectivity index (χ2v) is 6.50. The Hall–Kier alpha value is -0.790. The average molecular weight is 434 g/mol. The predicted octanol–water partition coefficient (Wildman–Crippen LogP) is 3.79. The van der Waals surface area contributed by atoms with Gasteiger partial charge in [-0.25, -0.2) is 4.99 Å². The van der Waals surface area contributed by atoms with Crippen LogP contribution in [0.15, 0.2) is 9.52 Å². The highest BCUT2D eigenvalue weighted by molar-refractivity contribution is 14.0. The maximum atomic E-state index is 5.19. The highest BCUT2D eigenvalue weighted by Gasteiger charge is 2.18. The Morgan fingerprint density at radius 3 is 2.48 bits per heavy atom. The predicted molar refractivity (Wildman–Crippen MR) is 105 cm³/mol. The van der Waals surface area contributed by atoms with Crippen LogP contribution in [0.25, 0.3) is 0 Å². The van der Waals surface area contributed by atoms with Gasteiger partial charge in [0.2, 0.25) is 0 Å². The maximum absolute atomic E-state index is 5.19. The largest absolute Gasteiger partial charge is 0.361 e. The third kappa shape index (κ3) is 6.31. The highest BCUT2D eigenvalue weighted by atomic mass is 127. The number of guanidine groups is 1. The normalized spacial score (nSPS) is 21.7. The average Bonchev–Trinajstić information content (AvgIpc) is 2.83. The topological polar surface area (TPSA) is 62.5 Å². The molecule has 2 rings (SSSR count). The molecular formula is C17H31IN4O. The lowest BCUT2D eigenvalue weighted by Crippen LogP contribution is -2.40. The first-order valence-corrected chi connectivity index (χ1v) is 8.54. The van der Waals surface area contributed by atoms with E-state index in [4.69, 9.17) is 4.52 Å². The van der Waals surface area contributed by atoms with Crippen LogP contribution in [0, 0.1) is 25.7 Å². The Bertz CT molecular complexity index is 473.